The second-order valence-electron chi connectivity index (χ2n) is 7.26. The average Bonchev–Trinajstić information content (AvgIpc) is 2.30. The zero-order valence-electron chi connectivity index (χ0n) is 13.1. The molecule has 5 heteroatoms. The molecule has 0 saturated heterocycles. The SMILES string of the molecule is CC1CCC(NC(=O)NCCC(C)(C)C)(C(=O)O)CC1. The van der Waals surface area contributed by atoms with E-state index in [1.165, 1.54) is 0 Å². The number of hydrogen-bond acceptors (Lipinski definition) is 2. The number of hydrogen-bond donors (Lipinski definition) is 3. The number of aliphatic carboxylic acids is 1. The number of amides is 2. The molecule has 2 amide bonds. The van der Waals surface area contributed by atoms with Crippen molar-refractivity contribution in [3.05, 3.63) is 0 Å². The molecule has 0 spiro atoms. The van der Waals surface area contributed by atoms with E-state index in [4.69, 9.17) is 0 Å². The lowest BCUT2D eigenvalue weighted by atomic mass is 9.77. The summed E-state index contributed by atoms with van der Waals surface area (Å²) in [7, 11) is 0. The monoisotopic (exact) mass is 284 g/mol. The Bertz CT molecular complexity index is 353. The van der Waals surface area contributed by atoms with Gasteiger partial charge >= 0.3 is 12.0 Å². The van der Waals surface area contributed by atoms with Crippen LogP contribution in [-0.4, -0.2) is 29.2 Å². The molecule has 5 nitrogen and oxygen atoms in total. The highest BCUT2D eigenvalue weighted by atomic mass is 16.4. The van der Waals surface area contributed by atoms with Crippen LogP contribution >= 0.6 is 0 Å². The maximum atomic E-state index is 11.9. The molecule has 0 atom stereocenters. The minimum atomic E-state index is -1.08. The first-order chi connectivity index (χ1) is 9.15. The van der Waals surface area contributed by atoms with Gasteiger partial charge in [0.1, 0.15) is 5.54 Å². The van der Waals surface area contributed by atoms with Gasteiger partial charge in [-0.05, 0) is 43.4 Å². The van der Waals surface area contributed by atoms with E-state index in [1.807, 2.05) is 0 Å². The van der Waals surface area contributed by atoms with Crippen molar-refractivity contribution in [3.8, 4) is 0 Å². The van der Waals surface area contributed by atoms with Crippen molar-refractivity contribution in [1.82, 2.24) is 10.6 Å². The second-order valence-corrected chi connectivity index (χ2v) is 7.26. The van der Waals surface area contributed by atoms with Crippen molar-refractivity contribution in [3.63, 3.8) is 0 Å². The van der Waals surface area contributed by atoms with E-state index in [0.717, 1.165) is 19.3 Å². The fourth-order valence-electron chi connectivity index (χ4n) is 2.46. The number of nitrogens with one attached hydrogen (secondary N) is 2. The van der Waals surface area contributed by atoms with Crippen molar-refractivity contribution in [2.75, 3.05) is 6.54 Å². The minimum Gasteiger partial charge on any atom is -0.480 e. The van der Waals surface area contributed by atoms with Gasteiger partial charge in [-0.2, -0.15) is 0 Å². The van der Waals surface area contributed by atoms with Crippen LogP contribution in [0.15, 0.2) is 0 Å². The molecule has 1 aliphatic carbocycles. The van der Waals surface area contributed by atoms with Gasteiger partial charge in [-0.25, -0.2) is 9.59 Å². The van der Waals surface area contributed by atoms with Crippen LogP contribution < -0.4 is 10.6 Å². The van der Waals surface area contributed by atoms with Gasteiger partial charge in [0.15, 0.2) is 0 Å². The summed E-state index contributed by atoms with van der Waals surface area (Å²) < 4.78 is 0. The molecule has 0 aliphatic heterocycles. The topological polar surface area (TPSA) is 78.4 Å². The van der Waals surface area contributed by atoms with Gasteiger partial charge in [0, 0.05) is 6.54 Å². The van der Waals surface area contributed by atoms with E-state index >= 15 is 0 Å². The lowest BCUT2D eigenvalue weighted by Crippen LogP contribution is -2.58. The maximum absolute atomic E-state index is 11.9. The van der Waals surface area contributed by atoms with Gasteiger partial charge in [-0.1, -0.05) is 27.7 Å². The first-order valence-corrected chi connectivity index (χ1v) is 7.44. The summed E-state index contributed by atoms with van der Waals surface area (Å²) in [6.07, 6.45) is 3.56. The number of rotatable bonds is 4. The first kappa shape index (κ1) is 16.8. The Kier molecular flexibility index (Phi) is 5.42. The molecule has 3 N–H and O–H groups in total. The molecular weight excluding hydrogens is 256 g/mol. The Morgan fingerprint density at radius 3 is 2.25 bits per heavy atom. The molecule has 116 valence electrons. The number of carbonyl (C=O) groups excluding carboxylic acids is 1. The Hall–Kier alpha value is -1.26. The predicted molar refractivity (Wildman–Crippen MR) is 78.6 cm³/mol. The Labute approximate surface area is 121 Å². The lowest BCUT2D eigenvalue weighted by molar-refractivity contribution is -0.146. The third-order valence-electron chi connectivity index (χ3n) is 4.05. The first-order valence-electron chi connectivity index (χ1n) is 7.44. The highest BCUT2D eigenvalue weighted by Crippen LogP contribution is 2.32. The number of urea groups is 1. The fourth-order valence-corrected chi connectivity index (χ4v) is 2.46. The average molecular weight is 284 g/mol. The van der Waals surface area contributed by atoms with Crippen LogP contribution in [0.3, 0.4) is 0 Å². The van der Waals surface area contributed by atoms with Crippen LogP contribution in [0.25, 0.3) is 0 Å². The van der Waals surface area contributed by atoms with Crippen molar-refractivity contribution in [2.45, 2.75) is 65.3 Å². The van der Waals surface area contributed by atoms with Crippen molar-refractivity contribution in [2.24, 2.45) is 11.3 Å². The second kappa shape index (κ2) is 6.46. The molecule has 20 heavy (non-hydrogen) atoms. The van der Waals surface area contributed by atoms with Crippen molar-refractivity contribution < 1.29 is 14.7 Å². The summed E-state index contributed by atoms with van der Waals surface area (Å²) in [6, 6.07) is -0.369. The van der Waals surface area contributed by atoms with E-state index < -0.39 is 11.5 Å². The van der Waals surface area contributed by atoms with Gasteiger partial charge in [0.25, 0.3) is 0 Å². The van der Waals surface area contributed by atoms with E-state index in [2.05, 4.69) is 38.3 Å². The normalized spacial score (nSPS) is 26.9. The predicted octanol–water partition coefficient (Wildman–Crippen LogP) is 2.76. The molecule has 0 aromatic carbocycles. The van der Waals surface area contributed by atoms with Crippen molar-refractivity contribution in [1.29, 1.82) is 0 Å². The van der Waals surface area contributed by atoms with Crippen molar-refractivity contribution >= 4 is 12.0 Å². The van der Waals surface area contributed by atoms with Crippen LogP contribution in [0, 0.1) is 11.3 Å². The summed E-state index contributed by atoms with van der Waals surface area (Å²) in [4.78, 5) is 23.4. The molecule has 1 aliphatic rings. The molecule has 1 fully saturated rings. The molecule has 0 aromatic heterocycles. The van der Waals surface area contributed by atoms with Crippen LogP contribution in [-0.2, 0) is 4.79 Å². The molecule has 0 heterocycles. The summed E-state index contributed by atoms with van der Waals surface area (Å²) in [6.45, 7) is 8.99. The Morgan fingerprint density at radius 1 is 1.25 bits per heavy atom. The van der Waals surface area contributed by atoms with Gasteiger partial charge < -0.3 is 15.7 Å². The quantitative estimate of drug-likeness (QED) is 0.742. The Balaban J connectivity index is 2.50. The smallest absolute Gasteiger partial charge is 0.329 e. The standard InChI is InChI=1S/C15H28N2O3/c1-11-5-7-15(8-6-11,12(18)19)17-13(20)16-10-9-14(2,3)4/h11H,5-10H2,1-4H3,(H,18,19)(H2,16,17,20). The highest BCUT2D eigenvalue weighted by Gasteiger charge is 2.42. The van der Waals surface area contributed by atoms with Crippen LogP contribution in [0.4, 0.5) is 4.79 Å². The van der Waals surface area contributed by atoms with Crippen LogP contribution in [0.1, 0.15) is 59.8 Å². The van der Waals surface area contributed by atoms with Gasteiger partial charge in [0.2, 0.25) is 0 Å². The summed E-state index contributed by atoms with van der Waals surface area (Å²) in [5, 5.41) is 14.9. The van der Waals surface area contributed by atoms with E-state index in [1.54, 1.807) is 0 Å². The van der Waals surface area contributed by atoms with Gasteiger partial charge in [-0.3, -0.25) is 0 Å². The molecular formula is C15H28N2O3. The maximum Gasteiger partial charge on any atom is 0.329 e. The van der Waals surface area contributed by atoms with E-state index in [-0.39, 0.29) is 11.4 Å². The fraction of sp³-hybridized carbons (Fsp3) is 0.867. The molecule has 0 aromatic rings. The highest BCUT2D eigenvalue weighted by molar-refractivity contribution is 5.86. The van der Waals surface area contributed by atoms with E-state index in [0.29, 0.717) is 25.3 Å². The largest absolute Gasteiger partial charge is 0.480 e. The van der Waals surface area contributed by atoms with Crippen LogP contribution in [0.2, 0.25) is 0 Å². The number of carboxylic acid groups (broad SMARTS) is 1. The van der Waals surface area contributed by atoms with Gasteiger partial charge in [0.05, 0.1) is 0 Å². The number of carboxylic acids is 1. The minimum absolute atomic E-state index is 0.151. The summed E-state index contributed by atoms with van der Waals surface area (Å²) in [5.74, 6) is -0.386. The Morgan fingerprint density at radius 2 is 1.80 bits per heavy atom. The summed E-state index contributed by atoms with van der Waals surface area (Å²) in [5.41, 5.74) is -0.934. The molecule has 1 rings (SSSR count). The van der Waals surface area contributed by atoms with Gasteiger partial charge in [-0.15, -0.1) is 0 Å². The molecule has 0 bridgehead atoms. The number of carbonyl (C=O) groups is 2. The zero-order chi connectivity index (χ0) is 15.4. The molecule has 0 radical (unpaired) electrons. The molecule has 1 saturated carbocycles. The van der Waals surface area contributed by atoms with Crippen LogP contribution in [0.5, 0.6) is 0 Å². The third kappa shape index (κ3) is 5.02. The zero-order valence-corrected chi connectivity index (χ0v) is 13.1. The summed E-state index contributed by atoms with van der Waals surface area (Å²) >= 11 is 0. The lowest BCUT2D eigenvalue weighted by Gasteiger charge is -2.36. The third-order valence-corrected chi connectivity index (χ3v) is 4.05. The molecule has 0 unspecified atom stereocenters. The van der Waals surface area contributed by atoms with E-state index in [9.17, 15) is 14.7 Å².